The van der Waals surface area contributed by atoms with Crippen LogP contribution in [0.25, 0.3) is 33.1 Å². The molecule has 135 heavy (non-hydrogen) atoms. The van der Waals surface area contributed by atoms with E-state index in [0.717, 1.165) is 162 Å². The van der Waals surface area contributed by atoms with Gasteiger partial charge in [0.25, 0.3) is 0 Å². The summed E-state index contributed by atoms with van der Waals surface area (Å²) in [6, 6.07) is 13.7. The normalized spacial score (nSPS) is 30.1. The summed E-state index contributed by atoms with van der Waals surface area (Å²) in [5, 5.41) is 0. The Labute approximate surface area is 829 Å². The molecule has 0 unspecified atom stereocenters. The molecule has 0 spiro atoms. The van der Waals surface area contributed by atoms with Gasteiger partial charge in [0.1, 0.15) is 70.5 Å². The van der Waals surface area contributed by atoms with Crippen LogP contribution >= 0.6 is 0 Å². The molecule has 10 aliphatic rings. The van der Waals surface area contributed by atoms with E-state index in [-0.39, 0.29) is 148 Å². The molecule has 9 heterocycles. The summed E-state index contributed by atoms with van der Waals surface area (Å²) in [6.45, 7) is 19.7. The summed E-state index contributed by atoms with van der Waals surface area (Å²) in [5.74, 6) is 0.902. The van der Waals surface area contributed by atoms with Crippen molar-refractivity contribution in [1.82, 2.24) is 44.6 Å². The van der Waals surface area contributed by atoms with Gasteiger partial charge in [0.15, 0.2) is 0 Å². The van der Waals surface area contributed by atoms with E-state index in [9.17, 15) is 43.2 Å². The van der Waals surface area contributed by atoms with Gasteiger partial charge in [-0.15, -0.1) is 0 Å². The fraction of sp³-hybridized carbons (Fsp3) is 0.676. The van der Waals surface area contributed by atoms with Crippen molar-refractivity contribution in [2.75, 3.05) is 62.3 Å². The van der Waals surface area contributed by atoms with Crippen LogP contribution in [0.2, 0.25) is 0 Å². The van der Waals surface area contributed by atoms with E-state index in [1.54, 1.807) is 21.3 Å². The number of methoxy groups -OCH3 is 6. The molecule has 733 valence electrons. The van der Waals surface area contributed by atoms with Crippen LogP contribution < -0.4 is 28.4 Å². The predicted octanol–water partition coefficient (Wildman–Crippen LogP) is 14.4. The molecular weight excluding hydrogens is 1840 g/mol. The third kappa shape index (κ3) is 24.7. The first-order chi connectivity index (χ1) is 63.2. The van der Waals surface area contributed by atoms with Gasteiger partial charge in [-0.05, 0) is 223 Å². The standard InChI is InChI=1S/C35H46N3O7.C34H46N3O7.C33H44N3O7.3V/c1-35(2,3)24-17-30(40)45-31-21-12-11-20(15-21)23(31)9-7-6-8-10-26-33(37-27-16-22(42-4)13-14-25(27)36-26)44-29-18-38(34(24)41)28(19-39)32(29)43-5;1-33(2,3)23-18-29(39)44-34(4)16-10-12-21(34)11-8-7-9-13-25-31(36-26-17-22(41-5)14-15-24(26)35-25)43-28-19-37(32(23)40)27(20-38)30(28)42-6;1-33(2,3)22-17-29(38)42-27-13-9-11-20(27)10-7-6-8-12-24-31(35-25-16-21(40-4)14-15-23(25)34-24)43-28-18-36(32(22)39)26(19-37)30(28)41-5;;;/h13-14,16,20-21,23-24,28-29,31-32H,6-12,15,17-18H2,1-5H3;14-15,17,21,23,27-28,30H,7-13,16,18-19H2,1-6H3;14-16,20,22,26-28,30H,6-13,17-18H2,1-5H3;;;/q3*-1;;;/t20-,21+,23-,24-,28-,29+,31-,32+;21-,23-,27-,28+,30+,34-;20-,22-,26-,27-,28+,30+;;;/m111.../s1. The fourth-order valence-electron chi connectivity index (χ4n) is 22.3. The topological polar surface area (TPSA) is 351 Å². The molecule has 6 aliphatic heterocycles. The van der Waals surface area contributed by atoms with Crippen LogP contribution in [0, 0.1) is 63.6 Å². The predicted molar refractivity (Wildman–Crippen MR) is 490 cm³/mol. The first-order valence-corrected chi connectivity index (χ1v) is 48.0. The van der Waals surface area contributed by atoms with E-state index >= 15 is 0 Å². The minimum Gasteiger partial charge on any atom is -0.540 e. The quantitative estimate of drug-likeness (QED) is 0.0737. The van der Waals surface area contributed by atoms with Crippen LogP contribution in [0.15, 0.2) is 54.6 Å². The fourth-order valence-corrected chi connectivity index (χ4v) is 22.3. The number of hydrogen-bond donors (Lipinski definition) is 0. The smallest absolute Gasteiger partial charge is 0.307 e. The Hall–Kier alpha value is -8.06. The van der Waals surface area contributed by atoms with Crippen molar-refractivity contribution in [3.8, 4) is 34.9 Å². The number of rotatable bonds is 9. The number of benzene rings is 3. The Morgan fingerprint density at radius 2 is 0.741 bits per heavy atom. The van der Waals surface area contributed by atoms with Crippen molar-refractivity contribution in [1.29, 1.82) is 0 Å². The summed E-state index contributed by atoms with van der Waals surface area (Å²) >= 11 is 0. The maximum Gasteiger partial charge on any atom is 0.307 e. The summed E-state index contributed by atoms with van der Waals surface area (Å²) < 4.78 is 71.4. The summed E-state index contributed by atoms with van der Waals surface area (Å²) in [6.07, 6.45) is 24.2. The van der Waals surface area contributed by atoms with Crippen molar-refractivity contribution in [3.05, 3.63) is 71.7 Å². The van der Waals surface area contributed by atoms with Gasteiger partial charge in [-0.25, -0.2) is 48.8 Å². The molecule has 3 amide bonds. The van der Waals surface area contributed by atoms with E-state index in [1.807, 2.05) is 143 Å². The number of fused-ring (bicyclic) bond motifs is 19. The average molecular weight is 1980 g/mol. The van der Waals surface area contributed by atoms with Crippen LogP contribution in [-0.2, 0) is 147 Å². The minimum absolute atomic E-state index is 0. The Bertz CT molecular complexity index is 5130. The third-order valence-corrected chi connectivity index (χ3v) is 29.8. The van der Waals surface area contributed by atoms with Gasteiger partial charge in [-0.3, -0.25) is 28.8 Å². The van der Waals surface area contributed by atoms with Gasteiger partial charge in [-0.1, -0.05) is 101 Å². The van der Waals surface area contributed by atoms with Crippen molar-refractivity contribution < 1.29 is 156 Å². The molecule has 3 aromatic heterocycles. The van der Waals surface area contributed by atoms with Gasteiger partial charge in [0.05, 0.1) is 129 Å². The van der Waals surface area contributed by atoms with Crippen LogP contribution in [0.5, 0.6) is 34.9 Å². The number of aromatic nitrogens is 6. The van der Waals surface area contributed by atoms with Crippen LogP contribution in [-0.4, -0.2) is 234 Å². The third-order valence-electron chi connectivity index (χ3n) is 29.8. The zero-order valence-electron chi connectivity index (χ0n) is 81.3. The summed E-state index contributed by atoms with van der Waals surface area (Å²) in [4.78, 5) is 154. The molecule has 4 saturated carbocycles. The summed E-state index contributed by atoms with van der Waals surface area (Å²) in [7, 11) is 9.28. The average Bonchev–Trinajstić information content (AvgIpc) is 1.34. The molecule has 16 rings (SSSR count). The number of carbonyl (C=O) groups excluding carboxylic acids is 9. The Kier molecular flexibility index (Phi) is 37.2. The number of carbonyl (C=O) groups is 6. The van der Waals surface area contributed by atoms with Gasteiger partial charge < -0.3 is 85.9 Å². The molecule has 30 nitrogen and oxygen atoms in total. The van der Waals surface area contributed by atoms with Crippen LogP contribution in [0.4, 0.5) is 0 Å². The molecular formula is C102H136N9O21V3-3. The molecule has 3 aromatic carbocycles. The van der Waals surface area contributed by atoms with Crippen LogP contribution in [0.1, 0.15) is 240 Å². The molecule has 3 saturated heterocycles. The zero-order chi connectivity index (χ0) is 94.3. The second kappa shape index (κ2) is 46.8. The molecule has 20 atom stereocenters. The van der Waals surface area contributed by atoms with E-state index in [1.165, 1.54) is 42.4 Å². The van der Waals surface area contributed by atoms with Gasteiger partial charge in [0.2, 0.25) is 35.4 Å². The van der Waals surface area contributed by atoms with Gasteiger partial charge in [-0.2, -0.15) is 0 Å². The number of aryl methyl sites for hydroxylation is 3. The Morgan fingerprint density at radius 3 is 1.13 bits per heavy atom. The van der Waals surface area contributed by atoms with E-state index in [4.69, 9.17) is 86.7 Å². The molecule has 4 aliphatic carbocycles. The van der Waals surface area contributed by atoms with Gasteiger partial charge in [0, 0.05) is 95.2 Å². The second-order valence-electron chi connectivity index (χ2n) is 41.4. The zero-order valence-corrected chi connectivity index (χ0v) is 85.5. The first-order valence-electron chi connectivity index (χ1n) is 48.0. The van der Waals surface area contributed by atoms with E-state index in [2.05, 4.69) is 0 Å². The molecule has 3 radical (unpaired) electrons. The molecule has 7 fully saturated rings. The molecule has 33 heteroatoms. The van der Waals surface area contributed by atoms with E-state index < -0.39 is 94.3 Å². The summed E-state index contributed by atoms with van der Waals surface area (Å²) in [5.41, 5.74) is 4.04. The van der Waals surface area contributed by atoms with Crippen LogP contribution in [0.3, 0.4) is 0 Å². The maximum atomic E-state index is 14.3. The molecule has 6 aromatic rings. The largest absolute Gasteiger partial charge is 0.540 e. The first kappa shape index (κ1) is 107. The number of esters is 3. The van der Waals surface area contributed by atoms with Crippen molar-refractivity contribution in [2.24, 2.45) is 63.6 Å². The van der Waals surface area contributed by atoms with Crippen molar-refractivity contribution in [2.45, 2.75) is 315 Å². The Morgan fingerprint density at radius 1 is 0.378 bits per heavy atom. The number of hydrogen-bond acceptors (Lipinski definition) is 27. The maximum absolute atomic E-state index is 14.3. The number of ether oxygens (including phenoxy) is 12. The minimum atomic E-state index is -1.01. The van der Waals surface area contributed by atoms with E-state index in [0.29, 0.717) is 94.4 Å². The molecule has 8 bridgehead atoms. The van der Waals surface area contributed by atoms with Crippen molar-refractivity contribution in [3.63, 3.8) is 0 Å². The number of amides is 3. The Balaban J connectivity index is 0.000000193. The van der Waals surface area contributed by atoms with Crippen molar-refractivity contribution >= 4 is 87.6 Å². The molecule has 0 N–H and O–H groups in total. The number of nitrogens with zero attached hydrogens (tertiary/aromatic N) is 9. The monoisotopic (exact) mass is 1980 g/mol. The SMILES string of the molecule is COc1ccc2nc3c(nc2c1)O[C@H]1CN(C(=O)[C@H](C(C)(C)C)CC(=O)O[C@@H]2CCC[C@H]2CCCCC3)[C@H]([C-]=O)[C@@H]1OC.COc1ccc2nc3c(nc2c1)O[C@H]1CN(C(=O)[C@H](C(C)(C)C)CC(=O)O[C@@H]2[C@H]4CC[C@H](C4)[C@H]2CCCCC3)[C@H]([C-]=O)[C@@H]1OC.COc1ccc2nc3c(nc2c1)O[C@H]1CN(C(=O)[C@H](C(C)(C)C)CC(=O)O[C@]2(C)CCC[C@H]2CCCCC3)[C@H]([C-]=O)[C@@H]1OC.[V].[V].[V]. The second-order valence-corrected chi connectivity index (χ2v) is 41.4. The van der Waals surface area contributed by atoms with Gasteiger partial charge >= 0.3 is 17.9 Å².